The van der Waals surface area contributed by atoms with Crippen molar-refractivity contribution in [3.05, 3.63) is 59.7 Å². The first kappa shape index (κ1) is 30.2. The van der Waals surface area contributed by atoms with Crippen LogP contribution in [0.25, 0.3) is 0 Å². The van der Waals surface area contributed by atoms with Crippen LogP contribution in [0, 0.1) is 0 Å². The van der Waals surface area contributed by atoms with E-state index in [1.54, 1.807) is 25.3 Å². The number of rotatable bonds is 13. The maximum absolute atomic E-state index is 13.9. The highest BCUT2D eigenvalue weighted by molar-refractivity contribution is 7.92. The van der Waals surface area contributed by atoms with Gasteiger partial charge in [-0.2, -0.15) is 0 Å². The molecular formula is C28H41N3O5S. The Labute approximate surface area is 222 Å². The van der Waals surface area contributed by atoms with E-state index in [4.69, 9.17) is 4.74 Å². The molecule has 0 unspecified atom stereocenters. The van der Waals surface area contributed by atoms with Gasteiger partial charge in [0.05, 0.1) is 19.1 Å². The molecule has 0 saturated heterocycles. The first-order chi connectivity index (χ1) is 17.4. The van der Waals surface area contributed by atoms with Crippen molar-refractivity contribution >= 4 is 27.5 Å². The van der Waals surface area contributed by atoms with Crippen molar-refractivity contribution in [1.82, 2.24) is 10.2 Å². The number of hydrogen-bond donors (Lipinski definition) is 1. The lowest BCUT2D eigenvalue weighted by Gasteiger charge is -2.34. The second kappa shape index (κ2) is 13.5. The standard InChI is InChI=1S/C28H41N3O5S/c1-8-21(5)29-28(33)25(9-2)30(18-22-13-12-14-23(17-22)36-6)27(32)19-31(37(7,34)35)26-16-11-10-15-24(26)20(3)4/h10-17,20-21,25H,8-9,18-19H2,1-7H3,(H,29,33)/t21-,25+/m0/s1. The summed E-state index contributed by atoms with van der Waals surface area (Å²) in [7, 11) is -2.23. The molecule has 0 bridgehead atoms. The van der Waals surface area contributed by atoms with Crippen molar-refractivity contribution in [2.24, 2.45) is 0 Å². The lowest BCUT2D eigenvalue weighted by molar-refractivity contribution is -0.140. The second-order valence-electron chi connectivity index (χ2n) is 9.60. The Balaban J connectivity index is 2.52. The topological polar surface area (TPSA) is 96.0 Å². The summed E-state index contributed by atoms with van der Waals surface area (Å²) in [5.74, 6) is -0.0432. The minimum Gasteiger partial charge on any atom is -0.497 e. The van der Waals surface area contributed by atoms with Gasteiger partial charge in [-0.25, -0.2) is 8.42 Å². The Bertz CT molecular complexity index is 1170. The minimum absolute atomic E-state index is 0.0492. The summed E-state index contributed by atoms with van der Waals surface area (Å²) in [5.41, 5.74) is 2.06. The SMILES string of the molecule is CC[C@H](C(=O)N[C@@H](C)CC)N(Cc1cccc(OC)c1)C(=O)CN(c1ccccc1C(C)C)S(C)(=O)=O. The normalized spacial score (nSPS) is 13.1. The van der Waals surface area contributed by atoms with E-state index in [1.807, 2.05) is 65.0 Å². The number of para-hydroxylation sites is 1. The van der Waals surface area contributed by atoms with E-state index < -0.39 is 28.5 Å². The first-order valence-electron chi connectivity index (χ1n) is 12.7. The molecule has 0 aliphatic carbocycles. The Morgan fingerprint density at radius 2 is 1.68 bits per heavy atom. The molecule has 0 heterocycles. The number of nitrogens with zero attached hydrogens (tertiary/aromatic N) is 2. The number of hydrogen-bond acceptors (Lipinski definition) is 5. The van der Waals surface area contributed by atoms with Crippen LogP contribution in [0.2, 0.25) is 0 Å². The van der Waals surface area contributed by atoms with Crippen LogP contribution in [0.15, 0.2) is 48.5 Å². The van der Waals surface area contributed by atoms with Gasteiger partial charge in [0, 0.05) is 12.6 Å². The Morgan fingerprint density at radius 1 is 1.00 bits per heavy atom. The number of carbonyl (C=O) groups excluding carboxylic acids is 2. The zero-order chi connectivity index (χ0) is 27.8. The molecular weight excluding hydrogens is 490 g/mol. The maximum atomic E-state index is 13.9. The molecule has 2 aromatic rings. The monoisotopic (exact) mass is 531 g/mol. The highest BCUT2D eigenvalue weighted by Crippen LogP contribution is 2.29. The molecule has 0 aliphatic rings. The third-order valence-electron chi connectivity index (χ3n) is 6.38. The number of ether oxygens (including phenoxy) is 1. The summed E-state index contributed by atoms with van der Waals surface area (Å²) in [6, 6.07) is 13.6. The predicted molar refractivity (Wildman–Crippen MR) is 148 cm³/mol. The molecule has 204 valence electrons. The molecule has 0 spiro atoms. The van der Waals surface area contributed by atoms with Gasteiger partial charge >= 0.3 is 0 Å². The lowest BCUT2D eigenvalue weighted by atomic mass is 10.0. The number of methoxy groups -OCH3 is 1. The molecule has 0 radical (unpaired) electrons. The molecule has 2 amide bonds. The summed E-state index contributed by atoms with van der Waals surface area (Å²) in [6.07, 6.45) is 2.22. The quantitative estimate of drug-likeness (QED) is 0.416. The van der Waals surface area contributed by atoms with Crippen LogP contribution in [0.3, 0.4) is 0 Å². The van der Waals surface area contributed by atoms with Gasteiger partial charge in [0.1, 0.15) is 18.3 Å². The van der Waals surface area contributed by atoms with Crippen LogP contribution >= 0.6 is 0 Å². The highest BCUT2D eigenvalue weighted by Gasteiger charge is 2.32. The van der Waals surface area contributed by atoms with Gasteiger partial charge in [0.15, 0.2) is 0 Å². The van der Waals surface area contributed by atoms with Crippen molar-refractivity contribution in [2.75, 3.05) is 24.2 Å². The molecule has 0 aliphatic heterocycles. The summed E-state index contributed by atoms with van der Waals surface area (Å²) in [6.45, 7) is 9.39. The molecule has 8 nitrogen and oxygen atoms in total. The van der Waals surface area contributed by atoms with Crippen molar-refractivity contribution in [3.8, 4) is 5.75 Å². The van der Waals surface area contributed by atoms with E-state index >= 15 is 0 Å². The third-order valence-corrected chi connectivity index (χ3v) is 7.51. The van der Waals surface area contributed by atoms with Gasteiger partial charge in [-0.15, -0.1) is 0 Å². The van der Waals surface area contributed by atoms with Gasteiger partial charge in [-0.1, -0.05) is 58.0 Å². The second-order valence-corrected chi connectivity index (χ2v) is 11.5. The van der Waals surface area contributed by atoms with E-state index in [0.29, 0.717) is 17.9 Å². The number of benzene rings is 2. The fourth-order valence-corrected chi connectivity index (χ4v) is 4.99. The van der Waals surface area contributed by atoms with E-state index in [9.17, 15) is 18.0 Å². The van der Waals surface area contributed by atoms with Gasteiger partial charge in [-0.05, 0) is 55.0 Å². The molecule has 1 N–H and O–H groups in total. The van der Waals surface area contributed by atoms with Crippen molar-refractivity contribution in [3.63, 3.8) is 0 Å². The van der Waals surface area contributed by atoms with Gasteiger partial charge in [0.25, 0.3) is 0 Å². The van der Waals surface area contributed by atoms with Crippen LogP contribution in [-0.4, -0.2) is 57.1 Å². The van der Waals surface area contributed by atoms with Crippen LogP contribution in [0.5, 0.6) is 5.75 Å². The number of amides is 2. The molecule has 2 aromatic carbocycles. The number of carbonyl (C=O) groups is 2. The molecule has 0 saturated carbocycles. The maximum Gasteiger partial charge on any atom is 0.244 e. The van der Waals surface area contributed by atoms with Crippen LogP contribution < -0.4 is 14.4 Å². The van der Waals surface area contributed by atoms with Crippen molar-refractivity contribution in [1.29, 1.82) is 0 Å². The van der Waals surface area contributed by atoms with Crippen LogP contribution in [0.1, 0.15) is 64.5 Å². The van der Waals surface area contributed by atoms with E-state index in [0.717, 1.165) is 28.1 Å². The van der Waals surface area contributed by atoms with Crippen molar-refractivity contribution < 1.29 is 22.7 Å². The zero-order valence-electron chi connectivity index (χ0n) is 23.0. The highest BCUT2D eigenvalue weighted by atomic mass is 32.2. The zero-order valence-corrected chi connectivity index (χ0v) is 23.8. The largest absolute Gasteiger partial charge is 0.497 e. The van der Waals surface area contributed by atoms with Crippen LogP contribution in [0.4, 0.5) is 5.69 Å². The summed E-state index contributed by atoms with van der Waals surface area (Å²) in [4.78, 5) is 28.6. The summed E-state index contributed by atoms with van der Waals surface area (Å²) in [5, 5.41) is 2.97. The van der Waals surface area contributed by atoms with E-state index in [2.05, 4.69) is 5.32 Å². The van der Waals surface area contributed by atoms with E-state index in [-0.39, 0.29) is 24.4 Å². The van der Waals surface area contributed by atoms with Crippen LogP contribution in [-0.2, 0) is 26.2 Å². The van der Waals surface area contributed by atoms with Gasteiger partial charge in [-0.3, -0.25) is 13.9 Å². The fourth-order valence-electron chi connectivity index (χ4n) is 4.13. The van der Waals surface area contributed by atoms with Gasteiger partial charge in [0.2, 0.25) is 21.8 Å². The molecule has 2 rings (SSSR count). The minimum atomic E-state index is -3.80. The number of sulfonamides is 1. The molecule has 0 fully saturated rings. The smallest absolute Gasteiger partial charge is 0.244 e. The summed E-state index contributed by atoms with van der Waals surface area (Å²) >= 11 is 0. The van der Waals surface area contributed by atoms with Crippen molar-refractivity contribution in [2.45, 2.75) is 72.0 Å². The van der Waals surface area contributed by atoms with E-state index in [1.165, 1.54) is 4.90 Å². The number of nitrogens with one attached hydrogen (secondary N) is 1. The molecule has 2 atom stereocenters. The lowest BCUT2D eigenvalue weighted by Crippen LogP contribution is -2.53. The van der Waals surface area contributed by atoms with Gasteiger partial charge < -0.3 is 15.0 Å². The average Bonchev–Trinajstić information content (AvgIpc) is 2.86. The predicted octanol–water partition coefficient (Wildman–Crippen LogP) is 4.31. The Kier molecular flexibility index (Phi) is 11.0. The first-order valence-corrected chi connectivity index (χ1v) is 14.6. The third kappa shape index (κ3) is 8.21. The average molecular weight is 532 g/mol. The fraction of sp³-hybridized carbons (Fsp3) is 0.500. The number of anilines is 1. The Hall–Kier alpha value is -3.07. The molecule has 0 aromatic heterocycles. The Morgan fingerprint density at radius 3 is 2.24 bits per heavy atom. The summed E-state index contributed by atoms with van der Waals surface area (Å²) < 4.78 is 32.3. The molecule has 37 heavy (non-hydrogen) atoms. The molecule has 9 heteroatoms.